The minimum atomic E-state index is -0.262. The molecule has 1 amide bonds. The Hall–Kier alpha value is -1.32. The molecule has 0 spiro atoms. The molecular weight excluding hydrogens is 250 g/mol. The van der Waals surface area contributed by atoms with Crippen LogP contribution in [0.2, 0.25) is 5.02 Å². The molecule has 0 radical (unpaired) electrons. The molecule has 4 heteroatoms. The lowest BCUT2D eigenvalue weighted by Crippen LogP contribution is -2.39. The Morgan fingerprint density at radius 3 is 2.67 bits per heavy atom. The van der Waals surface area contributed by atoms with Gasteiger partial charge in [-0.15, -0.1) is 0 Å². The second-order valence-corrected chi connectivity index (χ2v) is 4.82. The number of carbonyl (C=O) groups is 1. The summed E-state index contributed by atoms with van der Waals surface area (Å²) in [7, 11) is 0. The third kappa shape index (κ3) is 3.34. The van der Waals surface area contributed by atoms with Crippen LogP contribution >= 0.6 is 11.6 Å². The third-order valence-corrected chi connectivity index (χ3v) is 3.43. The summed E-state index contributed by atoms with van der Waals surface area (Å²) in [5.41, 5.74) is 0.838. The summed E-state index contributed by atoms with van der Waals surface area (Å²) in [4.78, 5) is 13.7. The quantitative estimate of drug-likeness (QED) is 0.834. The number of rotatable bonds is 2. The predicted octanol–water partition coefficient (Wildman–Crippen LogP) is 2.34. The molecule has 1 N–H and O–H groups in total. The average Bonchev–Trinajstić information content (AvgIpc) is 2.38. The Balaban J connectivity index is 1.97. The molecule has 1 aliphatic heterocycles. The molecule has 1 fully saturated rings. The zero-order valence-electron chi connectivity index (χ0n) is 10.1. The summed E-state index contributed by atoms with van der Waals surface area (Å²) in [6.07, 6.45) is 4.33. The monoisotopic (exact) mass is 265 g/mol. The first kappa shape index (κ1) is 13.1. The molecule has 3 nitrogen and oxygen atoms in total. The summed E-state index contributed by atoms with van der Waals surface area (Å²) in [6.45, 7) is 1.24. The Bertz CT molecular complexity index is 451. The van der Waals surface area contributed by atoms with E-state index in [4.69, 9.17) is 11.6 Å². The topological polar surface area (TPSA) is 40.5 Å². The smallest absolute Gasteiger partial charge is 0.246 e. The normalized spacial score (nSPS) is 17.3. The van der Waals surface area contributed by atoms with Crippen molar-refractivity contribution in [2.45, 2.75) is 18.9 Å². The van der Waals surface area contributed by atoms with Crippen LogP contribution in [0.5, 0.6) is 0 Å². The minimum Gasteiger partial charge on any atom is -0.393 e. The molecule has 2 rings (SSSR count). The van der Waals surface area contributed by atoms with Crippen molar-refractivity contribution in [1.29, 1.82) is 0 Å². The number of aliphatic hydroxyl groups excluding tert-OH is 1. The van der Waals surface area contributed by atoms with Crippen LogP contribution in [0.4, 0.5) is 0 Å². The van der Waals surface area contributed by atoms with Crippen molar-refractivity contribution < 1.29 is 9.90 Å². The maximum absolute atomic E-state index is 11.9. The van der Waals surface area contributed by atoms with E-state index in [0.717, 1.165) is 5.56 Å². The number of amides is 1. The van der Waals surface area contributed by atoms with Gasteiger partial charge >= 0.3 is 0 Å². The molecule has 0 bridgehead atoms. The number of nitrogens with zero attached hydrogens (tertiary/aromatic N) is 1. The molecule has 0 aliphatic carbocycles. The van der Waals surface area contributed by atoms with Gasteiger partial charge < -0.3 is 10.0 Å². The van der Waals surface area contributed by atoms with E-state index in [1.807, 2.05) is 18.2 Å². The van der Waals surface area contributed by atoms with E-state index in [1.165, 1.54) is 0 Å². The zero-order valence-corrected chi connectivity index (χ0v) is 10.8. The standard InChI is InChI=1S/C14H16ClNO2/c15-13-4-2-1-3-11(13)5-6-14(18)16-9-7-12(17)8-10-16/h1-6,12,17H,7-10H2/b6-5+. The summed E-state index contributed by atoms with van der Waals surface area (Å²) < 4.78 is 0. The van der Waals surface area contributed by atoms with Gasteiger partial charge in [0.1, 0.15) is 0 Å². The SMILES string of the molecule is O=C(/C=C/c1ccccc1Cl)N1CCC(O)CC1. The van der Waals surface area contributed by atoms with E-state index >= 15 is 0 Å². The van der Waals surface area contributed by atoms with Crippen LogP contribution < -0.4 is 0 Å². The number of hydrogen-bond acceptors (Lipinski definition) is 2. The highest BCUT2D eigenvalue weighted by Gasteiger charge is 2.19. The summed E-state index contributed by atoms with van der Waals surface area (Å²) in [5.74, 6) is -0.0261. The predicted molar refractivity (Wildman–Crippen MR) is 72.3 cm³/mol. The lowest BCUT2D eigenvalue weighted by Gasteiger charge is -2.28. The van der Waals surface area contributed by atoms with Crippen molar-refractivity contribution >= 4 is 23.6 Å². The van der Waals surface area contributed by atoms with Crippen LogP contribution in [0.25, 0.3) is 6.08 Å². The highest BCUT2D eigenvalue weighted by atomic mass is 35.5. The van der Waals surface area contributed by atoms with Gasteiger partial charge in [0.2, 0.25) is 5.91 Å². The molecule has 0 unspecified atom stereocenters. The van der Waals surface area contributed by atoms with E-state index in [0.29, 0.717) is 31.0 Å². The largest absolute Gasteiger partial charge is 0.393 e. The highest BCUT2D eigenvalue weighted by molar-refractivity contribution is 6.32. The van der Waals surface area contributed by atoms with Gasteiger partial charge in [-0.2, -0.15) is 0 Å². The maximum Gasteiger partial charge on any atom is 0.246 e. The van der Waals surface area contributed by atoms with Crippen molar-refractivity contribution in [2.24, 2.45) is 0 Å². The van der Waals surface area contributed by atoms with Crippen LogP contribution in [0.3, 0.4) is 0 Å². The number of benzene rings is 1. The molecule has 18 heavy (non-hydrogen) atoms. The molecule has 1 heterocycles. The Kier molecular flexibility index (Phi) is 4.39. The Morgan fingerprint density at radius 1 is 1.33 bits per heavy atom. The summed E-state index contributed by atoms with van der Waals surface area (Å²) in [6, 6.07) is 7.40. The van der Waals surface area contributed by atoms with Gasteiger partial charge in [-0.05, 0) is 30.5 Å². The van der Waals surface area contributed by atoms with Gasteiger partial charge in [-0.3, -0.25) is 4.79 Å². The van der Waals surface area contributed by atoms with Gasteiger partial charge in [-0.1, -0.05) is 29.8 Å². The van der Waals surface area contributed by atoms with Gasteiger partial charge in [0.25, 0.3) is 0 Å². The molecule has 0 aromatic heterocycles. The summed E-state index contributed by atoms with van der Waals surface area (Å²) >= 11 is 6.00. The van der Waals surface area contributed by atoms with Gasteiger partial charge in [-0.25, -0.2) is 0 Å². The molecule has 1 aromatic rings. The Morgan fingerprint density at radius 2 is 2.00 bits per heavy atom. The molecule has 1 aliphatic rings. The van der Waals surface area contributed by atoms with Crippen molar-refractivity contribution in [3.05, 3.63) is 40.9 Å². The first-order valence-corrected chi connectivity index (χ1v) is 6.44. The first-order valence-electron chi connectivity index (χ1n) is 6.06. The maximum atomic E-state index is 11.9. The van der Waals surface area contributed by atoms with Crippen molar-refractivity contribution in [3.63, 3.8) is 0 Å². The molecule has 96 valence electrons. The van der Waals surface area contributed by atoms with Crippen LogP contribution in [-0.4, -0.2) is 35.1 Å². The van der Waals surface area contributed by atoms with Gasteiger partial charge in [0.15, 0.2) is 0 Å². The second kappa shape index (κ2) is 6.03. The van der Waals surface area contributed by atoms with Gasteiger partial charge in [0.05, 0.1) is 6.10 Å². The van der Waals surface area contributed by atoms with Crippen molar-refractivity contribution in [3.8, 4) is 0 Å². The fraction of sp³-hybridized carbons (Fsp3) is 0.357. The Labute approximate surface area is 112 Å². The number of halogens is 1. The van der Waals surface area contributed by atoms with Crippen LogP contribution in [-0.2, 0) is 4.79 Å². The summed E-state index contributed by atoms with van der Waals surface area (Å²) in [5, 5.41) is 10.0. The van der Waals surface area contributed by atoms with E-state index in [2.05, 4.69) is 0 Å². The number of hydrogen-bond donors (Lipinski definition) is 1. The van der Waals surface area contributed by atoms with E-state index in [9.17, 15) is 9.90 Å². The lowest BCUT2D eigenvalue weighted by atomic mass is 10.1. The second-order valence-electron chi connectivity index (χ2n) is 4.41. The number of carbonyl (C=O) groups excluding carboxylic acids is 1. The fourth-order valence-corrected chi connectivity index (χ4v) is 2.16. The van der Waals surface area contributed by atoms with Crippen molar-refractivity contribution in [1.82, 2.24) is 4.90 Å². The molecule has 0 atom stereocenters. The lowest BCUT2D eigenvalue weighted by molar-refractivity contribution is -0.127. The molecule has 1 aromatic carbocycles. The van der Waals surface area contributed by atoms with Crippen molar-refractivity contribution in [2.75, 3.05) is 13.1 Å². The van der Waals surface area contributed by atoms with Gasteiger partial charge in [0, 0.05) is 24.2 Å². The average molecular weight is 266 g/mol. The number of likely N-dealkylation sites (tertiary alicyclic amines) is 1. The minimum absolute atomic E-state index is 0.0261. The number of aliphatic hydroxyl groups is 1. The van der Waals surface area contributed by atoms with Crippen LogP contribution in [0.15, 0.2) is 30.3 Å². The van der Waals surface area contributed by atoms with Crippen LogP contribution in [0.1, 0.15) is 18.4 Å². The number of piperidine rings is 1. The first-order chi connectivity index (χ1) is 8.66. The zero-order chi connectivity index (χ0) is 13.0. The highest BCUT2D eigenvalue weighted by Crippen LogP contribution is 2.17. The van der Waals surface area contributed by atoms with E-state index in [1.54, 1.807) is 23.1 Å². The molecule has 1 saturated heterocycles. The van der Waals surface area contributed by atoms with E-state index < -0.39 is 0 Å². The third-order valence-electron chi connectivity index (χ3n) is 3.09. The fourth-order valence-electron chi connectivity index (χ4n) is 1.96. The van der Waals surface area contributed by atoms with E-state index in [-0.39, 0.29) is 12.0 Å². The molecule has 0 saturated carbocycles. The van der Waals surface area contributed by atoms with Crippen LogP contribution in [0, 0.1) is 0 Å². The molecular formula is C14H16ClNO2.